The Morgan fingerprint density at radius 2 is 2.05 bits per heavy atom. The van der Waals surface area contributed by atoms with Crippen molar-refractivity contribution in [3.05, 3.63) is 29.3 Å². The van der Waals surface area contributed by atoms with Crippen LogP contribution in [0.5, 0.6) is 6.08 Å². The molecule has 102 valence electrons. The first kappa shape index (κ1) is 13.8. The van der Waals surface area contributed by atoms with Gasteiger partial charge in [0.25, 0.3) is 0 Å². The molecular weight excluding hydrogens is 268 g/mol. The number of aliphatic hydroxyl groups excluding tert-OH is 1. The molecule has 5 nitrogen and oxygen atoms in total. The summed E-state index contributed by atoms with van der Waals surface area (Å²) in [4.78, 5) is 4.13. The first-order chi connectivity index (χ1) is 9.31. The second kappa shape index (κ2) is 7.11. The van der Waals surface area contributed by atoms with Crippen molar-refractivity contribution in [3.8, 4) is 17.5 Å². The maximum Gasteiger partial charge on any atom is 0.417 e. The van der Waals surface area contributed by atoms with Crippen molar-refractivity contribution in [2.75, 3.05) is 13.2 Å². The van der Waals surface area contributed by atoms with Crippen LogP contribution in [-0.2, 0) is 0 Å². The molecule has 19 heavy (non-hydrogen) atoms. The lowest BCUT2D eigenvalue weighted by molar-refractivity contribution is 0.196. The second-order valence-electron chi connectivity index (χ2n) is 4.00. The van der Waals surface area contributed by atoms with E-state index in [1.165, 1.54) is 0 Å². The van der Waals surface area contributed by atoms with Gasteiger partial charge in [0.2, 0.25) is 5.82 Å². The molecule has 1 aromatic carbocycles. The molecule has 0 fully saturated rings. The van der Waals surface area contributed by atoms with Gasteiger partial charge in [0.1, 0.15) is 0 Å². The van der Waals surface area contributed by atoms with Crippen LogP contribution in [0, 0.1) is 0 Å². The molecule has 0 amide bonds. The third-order valence-corrected chi connectivity index (χ3v) is 2.88. The van der Waals surface area contributed by atoms with Crippen LogP contribution in [-0.4, -0.2) is 28.5 Å². The van der Waals surface area contributed by atoms with E-state index in [1.54, 1.807) is 6.07 Å². The minimum atomic E-state index is 0.138. The van der Waals surface area contributed by atoms with E-state index in [-0.39, 0.29) is 12.7 Å². The lowest BCUT2D eigenvalue weighted by Crippen LogP contribution is -1.98. The molecule has 2 aromatic rings. The number of nitrogens with zero attached hydrogens (tertiary/aromatic N) is 2. The predicted octanol–water partition coefficient (Wildman–Crippen LogP) is 2.93. The minimum Gasteiger partial charge on any atom is -0.449 e. The zero-order valence-electron chi connectivity index (χ0n) is 10.4. The van der Waals surface area contributed by atoms with Crippen molar-refractivity contribution < 1.29 is 14.4 Å². The van der Waals surface area contributed by atoms with Crippen LogP contribution >= 0.6 is 11.6 Å². The molecule has 0 unspecified atom stereocenters. The van der Waals surface area contributed by atoms with E-state index in [0.717, 1.165) is 19.3 Å². The smallest absolute Gasteiger partial charge is 0.417 e. The maximum absolute atomic E-state index is 8.64. The van der Waals surface area contributed by atoms with Crippen molar-refractivity contribution in [1.29, 1.82) is 0 Å². The van der Waals surface area contributed by atoms with Crippen LogP contribution in [0.2, 0.25) is 5.02 Å². The highest BCUT2D eigenvalue weighted by atomic mass is 35.5. The Kier molecular flexibility index (Phi) is 5.18. The first-order valence-electron chi connectivity index (χ1n) is 6.13. The van der Waals surface area contributed by atoms with Crippen LogP contribution in [0.4, 0.5) is 0 Å². The minimum absolute atomic E-state index is 0.138. The zero-order chi connectivity index (χ0) is 13.5. The molecule has 2 rings (SSSR count). The van der Waals surface area contributed by atoms with Gasteiger partial charge < -0.3 is 9.84 Å². The van der Waals surface area contributed by atoms with Crippen molar-refractivity contribution in [3.63, 3.8) is 0 Å². The Labute approximate surface area is 116 Å². The van der Waals surface area contributed by atoms with Crippen LogP contribution in [0.1, 0.15) is 19.3 Å². The Morgan fingerprint density at radius 3 is 2.84 bits per heavy atom. The molecule has 0 aliphatic carbocycles. The van der Waals surface area contributed by atoms with Gasteiger partial charge in [-0.1, -0.05) is 28.9 Å². The monoisotopic (exact) mass is 282 g/mol. The van der Waals surface area contributed by atoms with Gasteiger partial charge in [0.15, 0.2) is 0 Å². The maximum atomic E-state index is 8.64. The lowest BCUT2D eigenvalue weighted by atomic mass is 10.2. The van der Waals surface area contributed by atoms with E-state index in [0.29, 0.717) is 23.0 Å². The molecule has 0 saturated carbocycles. The van der Waals surface area contributed by atoms with E-state index in [1.807, 2.05) is 18.2 Å². The predicted molar refractivity (Wildman–Crippen MR) is 71.2 cm³/mol. The number of hydrogen-bond donors (Lipinski definition) is 1. The van der Waals surface area contributed by atoms with Crippen molar-refractivity contribution in [2.24, 2.45) is 0 Å². The van der Waals surface area contributed by atoms with E-state index >= 15 is 0 Å². The third-order valence-electron chi connectivity index (χ3n) is 2.55. The number of aliphatic hydroxyl groups is 1. The Morgan fingerprint density at radius 1 is 1.21 bits per heavy atom. The van der Waals surface area contributed by atoms with Gasteiger partial charge in [-0.3, -0.25) is 4.52 Å². The summed E-state index contributed by atoms with van der Waals surface area (Å²) in [7, 11) is 0. The number of ether oxygens (including phenoxy) is 1. The van der Waals surface area contributed by atoms with E-state index in [9.17, 15) is 0 Å². The summed E-state index contributed by atoms with van der Waals surface area (Å²) < 4.78 is 10.3. The highest BCUT2D eigenvalue weighted by Crippen LogP contribution is 2.26. The standard InChI is InChI=1S/C13H15ClN2O3/c14-11-7-3-2-6-10(11)12-15-13(19-16-12)18-9-5-1-4-8-17/h2-3,6-7,17H,1,4-5,8-9H2. The summed E-state index contributed by atoms with van der Waals surface area (Å²) in [5, 5.41) is 13.0. The number of benzene rings is 1. The van der Waals surface area contributed by atoms with Gasteiger partial charge in [-0.25, -0.2) is 0 Å². The van der Waals surface area contributed by atoms with Gasteiger partial charge in [-0.2, -0.15) is 4.98 Å². The SMILES string of the molecule is OCCCCCOc1nc(-c2ccccc2Cl)no1. The van der Waals surface area contributed by atoms with Gasteiger partial charge in [0, 0.05) is 12.2 Å². The Bertz CT molecular complexity index is 516. The van der Waals surface area contributed by atoms with E-state index in [2.05, 4.69) is 10.1 Å². The largest absolute Gasteiger partial charge is 0.449 e. The van der Waals surface area contributed by atoms with Crippen molar-refractivity contribution >= 4 is 11.6 Å². The van der Waals surface area contributed by atoms with Gasteiger partial charge in [-0.05, 0) is 31.4 Å². The lowest BCUT2D eigenvalue weighted by Gasteiger charge is -1.99. The van der Waals surface area contributed by atoms with Crippen molar-refractivity contribution in [2.45, 2.75) is 19.3 Å². The Hall–Kier alpha value is -1.59. The molecule has 0 saturated heterocycles. The number of rotatable bonds is 7. The van der Waals surface area contributed by atoms with Gasteiger partial charge in [-0.15, -0.1) is 0 Å². The molecule has 0 spiro atoms. The molecule has 0 aliphatic rings. The van der Waals surface area contributed by atoms with Crippen LogP contribution in [0.25, 0.3) is 11.4 Å². The molecule has 0 bridgehead atoms. The van der Waals surface area contributed by atoms with E-state index < -0.39 is 0 Å². The normalized spacial score (nSPS) is 10.6. The molecular formula is C13H15ClN2O3. The van der Waals surface area contributed by atoms with E-state index in [4.69, 9.17) is 26.0 Å². The highest BCUT2D eigenvalue weighted by Gasteiger charge is 2.11. The first-order valence-corrected chi connectivity index (χ1v) is 6.51. The number of unbranched alkanes of at least 4 members (excludes halogenated alkanes) is 2. The molecule has 0 aliphatic heterocycles. The van der Waals surface area contributed by atoms with Crippen molar-refractivity contribution in [1.82, 2.24) is 10.1 Å². The summed E-state index contributed by atoms with van der Waals surface area (Å²) >= 11 is 6.04. The highest BCUT2D eigenvalue weighted by molar-refractivity contribution is 6.33. The summed E-state index contributed by atoms with van der Waals surface area (Å²) in [5.41, 5.74) is 0.711. The molecule has 0 atom stereocenters. The third kappa shape index (κ3) is 3.94. The molecule has 1 heterocycles. The molecule has 0 radical (unpaired) electrons. The fourth-order valence-electron chi connectivity index (χ4n) is 1.57. The fourth-order valence-corrected chi connectivity index (χ4v) is 1.79. The quantitative estimate of drug-likeness (QED) is 0.791. The Balaban J connectivity index is 1.91. The van der Waals surface area contributed by atoms with Gasteiger partial charge in [0.05, 0.1) is 11.6 Å². The summed E-state index contributed by atoms with van der Waals surface area (Å²) in [6, 6.07) is 7.28. The summed E-state index contributed by atoms with van der Waals surface area (Å²) in [6.45, 7) is 0.696. The van der Waals surface area contributed by atoms with Crippen LogP contribution in [0.3, 0.4) is 0 Å². The number of hydrogen-bond acceptors (Lipinski definition) is 5. The summed E-state index contributed by atoms with van der Waals surface area (Å²) in [6.07, 6.45) is 2.66. The second-order valence-corrected chi connectivity index (χ2v) is 4.40. The van der Waals surface area contributed by atoms with Crippen LogP contribution < -0.4 is 4.74 Å². The molecule has 6 heteroatoms. The number of aromatic nitrogens is 2. The molecule has 1 N–H and O–H groups in total. The molecule has 1 aromatic heterocycles. The zero-order valence-corrected chi connectivity index (χ0v) is 11.1. The fraction of sp³-hybridized carbons (Fsp3) is 0.385. The van der Waals surface area contributed by atoms with Gasteiger partial charge >= 0.3 is 6.08 Å². The summed E-state index contributed by atoms with van der Waals surface area (Å²) in [5.74, 6) is 0.413. The van der Waals surface area contributed by atoms with Crippen LogP contribution in [0.15, 0.2) is 28.8 Å². The number of halogens is 1. The average Bonchev–Trinajstić information content (AvgIpc) is 2.88. The average molecular weight is 283 g/mol. The topological polar surface area (TPSA) is 68.4 Å².